The molecule has 1 heterocycles. The van der Waals surface area contributed by atoms with Gasteiger partial charge in [-0.05, 0) is 24.3 Å². The first-order valence-corrected chi connectivity index (χ1v) is 7.72. The van der Waals surface area contributed by atoms with Crippen LogP contribution < -0.4 is 10.6 Å². The van der Waals surface area contributed by atoms with Crippen LogP contribution in [0, 0.1) is 0 Å². The number of carbonyl (C=O) groups excluding carboxylic acids is 2. The van der Waals surface area contributed by atoms with E-state index in [1.54, 1.807) is 0 Å². The van der Waals surface area contributed by atoms with Crippen molar-refractivity contribution in [2.24, 2.45) is 0 Å². The number of amides is 2. The second-order valence-corrected chi connectivity index (χ2v) is 5.38. The molecule has 24 heavy (non-hydrogen) atoms. The standard InChI is InChI=1S/C18H18N4O2/c1-13(23)19-12-11-17(24)21-18-20-15-9-5-6-10-16(15)22(18)14-7-3-2-4-8-14/h2-10H,11-12H2,1H3,(H,19,23)(H,20,21,24). The van der Waals surface area contributed by atoms with E-state index in [2.05, 4.69) is 15.6 Å². The summed E-state index contributed by atoms with van der Waals surface area (Å²) in [5.74, 6) is 0.116. The summed E-state index contributed by atoms with van der Waals surface area (Å²) < 4.78 is 1.91. The molecule has 1 aromatic heterocycles. The summed E-state index contributed by atoms with van der Waals surface area (Å²) in [5, 5.41) is 5.44. The number of imidazole rings is 1. The Hall–Kier alpha value is -3.15. The Morgan fingerprint density at radius 2 is 1.75 bits per heavy atom. The number of anilines is 1. The van der Waals surface area contributed by atoms with E-state index in [0.717, 1.165) is 16.7 Å². The molecule has 0 bridgehead atoms. The van der Waals surface area contributed by atoms with E-state index in [-0.39, 0.29) is 18.2 Å². The van der Waals surface area contributed by atoms with Gasteiger partial charge in [0.1, 0.15) is 0 Å². The fourth-order valence-corrected chi connectivity index (χ4v) is 2.49. The molecule has 0 saturated heterocycles. The van der Waals surface area contributed by atoms with Crippen molar-refractivity contribution in [3.8, 4) is 5.69 Å². The van der Waals surface area contributed by atoms with Crippen molar-refractivity contribution < 1.29 is 9.59 Å². The maximum Gasteiger partial charge on any atom is 0.228 e. The van der Waals surface area contributed by atoms with Crippen molar-refractivity contribution in [3.05, 3.63) is 54.6 Å². The SMILES string of the molecule is CC(=O)NCCC(=O)Nc1nc2ccccc2n1-c1ccccc1. The van der Waals surface area contributed by atoms with Gasteiger partial charge in [0.2, 0.25) is 17.8 Å². The summed E-state index contributed by atoms with van der Waals surface area (Å²) in [6.07, 6.45) is 0.192. The van der Waals surface area contributed by atoms with Crippen LogP contribution in [0.2, 0.25) is 0 Å². The van der Waals surface area contributed by atoms with Gasteiger partial charge in [0.25, 0.3) is 0 Å². The summed E-state index contributed by atoms with van der Waals surface area (Å²) >= 11 is 0. The molecule has 6 nitrogen and oxygen atoms in total. The minimum atomic E-state index is -0.198. The van der Waals surface area contributed by atoms with Crippen molar-refractivity contribution >= 4 is 28.8 Å². The van der Waals surface area contributed by atoms with Gasteiger partial charge in [0.05, 0.1) is 11.0 Å². The lowest BCUT2D eigenvalue weighted by atomic mass is 10.3. The average molecular weight is 322 g/mol. The van der Waals surface area contributed by atoms with Crippen molar-refractivity contribution in [1.29, 1.82) is 0 Å². The molecule has 0 fully saturated rings. The highest BCUT2D eigenvalue weighted by molar-refractivity contribution is 5.92. The van der Waals surface area contributed by atoms with Gasteiger partial charge in [-0.3, -0.25) is 19.5 Å². The average Bonchev–Trinajstić information content (AvgIpc) is 2.93. The Morgan fingerprint density at radius 3 is 2.50 bits per heavy atom. The fraction of sp³-hybridized carbons (Fsp3) is 0.167. The zero-order valence-corrected chi connectivity index (χ0v) is 13.3. The number of benzene rings is 2. The largest absolute Gasteiger partial charge is 0.356 e. The summed E-state index contributed by atoms with van der Waals surface area (Å²) in [4.78, 5) is 27.5. The molecule has 0 radical (unpaired) electrons. The van der Waals surface area contributed by atoms with Crippen LogP contribution in [0.5, 0.6) is 0 Å². The highest BCUT2D eigenvalue weighted by Gasteiger charge is 2.14. The maximum absolute atomic E-state index is 12.1. The van der Waals surface area contributed by atoms with Crippen LogP contribution in [0.15, 0.2) is 54.6 Å². The molecule has 6 heteroatoms. The Morgan fingerprint density at radius 1 is 1.04 bits per heavy atom. The third-order valence-electron chi connectivity index (χ3n) is 3.55. The Bertz CT molecular complexity index is 871. The fourth-order valence-electron chi connectivity index (χ4n) is 2.49. The predicted molar refractivity (Wildman–Crippen MR) is 93.0 cm³/mol. The Labute approximate surface area is 139 Å². The summed E-state index contributed by atoms with van der Waals surface area (Å²) in [7, 11) is 0. The highest BCUT2D eigenvalue weighted by atomic mass is 16.2. The quantitative estimate of drug-likeness (QED) is 0.758. The van der Waals surface area contributed by atoms with Crippen LogP contribution in [0.1, 0.15) is 13.3 Å². The van der Waals surface area contributed by atoms with E-state index in [1.807, 2.05) is 59.2 Å². The van der Waals surface area contributed by atoms with Gasteiger partial charge in [-0.25, -0.2) is 4.98 Å². The van der Waals surface area contributed by atoms with E-state index in [4.69, 9.17) is 0 Å². The van der Waals surface area contributed by atoms with Crippen molar-refractivity contribution in [2.45, 2.75) is 13.3 Å². The molecule has 122 valence electrons. The molecule has 3 aromatic rings. The number of hydrogen-bond donors (Lipinski definition) is 2. The van der Waals surface area contributed by atoms with Crippen molar-refractivity contribution in [1.82, 2.24) is 14.9 Å². The molecule has 3 rings (SSSR count). The molecule has 0 aliphatic rings. The molecular formula is C18H18N4O2. The second-order valence-electron chi connectivity index (χ2n) is 5.38. The van der Waals surface area contributed by atoms with Crippen LogP contribution in [-0.4, -0.2) is 27.9 Å². The van der Waals surface area contributed by atoms with Gasteiger partial charge in [-0.15, -0.1) is 0 Å². The highest BCUT2D eigenvalue weighted by Crippen LogP contribution is 2.24. The van der Waals surface area contributed by atoms with Gasteiger partial charge < -0.3 is 5.32 Å². The summed E-state index contributed by atoms with van der Waals surface area (Å²) in [5.41, 5.74) is 2.64. The minimum Gasteiger partial charge on any atom is -0.356 e. The molecule has 0 unspecified atom stereocenters. The predicted octanol–water partition coefficient (Wildman–Crippen LogP) is 2.49. The van der Waals surface area contributed by atoms with E-state index in [9.17, 15) is 9.59 Å². The Kier molecular flexibility index (Phi) is 4.56. The van der Waals surface area contributed by atoms with Crippen LogP contribution in [0.3, 0.4) is 0 Å². The minimum absolute atomic E-state index is 0.153. The van der Waals surface area contributed by atoms with Crippen molar-refractivity contribution in [2.75, 3.05) is 11.9 Å². The lowest BCUT2D eigenvalue weighted by molar-refractivity contribution is -0.119. The lowest BCUT2D eigenvalue weighted by Gasteiger charge is -2.10. The summed E-state index contributed by atoms with van der Waals surface area (Å²) in [6, 6.07) is 17.4. The second kappa shape index (κ2) is 6.95. The van der Waals surface area contributed by atoms with Crippen LogP contribution in [-0.2, 0) is 9.59 Å². The van der Waals surface area contributed by atoms with Crippen molar-refractivity contribution in [3.63, 3.8) is 0 Å². The van der Waals surface area contributed by atoms with Crippen LogP contribution >= 0.6 is 0 Å². The third-order valence-corrected chi connectivity index (χ3v) is 3.55. The molecule has 0 spiro atoms. The van der Waals surface area contributed by atoms with Gasteiger partial charge in [-0.2, -0.15) is 0 Å². The zero-order valence-electron chi connectivity index (χ0n) is 13.3. The number of para-hydroxylation sites is 3. The third kappa shape index (κ3) is 3.43. The zero-order chi connectivity index (χ0) is 16.9. The Balaban J connectivity index is 1.90. The first kappa shape index (κ1) is 15.7. The van der Waals surface area contributed by atoms with Gasteiger partial charge in [-0.1, -0.05) is 30.3 Å². The molecule has 2 amide bonds. The van der Waals surface area contributed by atoms with E-state index in [1.165, 1.54) is 6.92 Å². The lowest BCUT2D eigenvalue weighted by Crippen LogP contribution is -2.25. The molecule has 0 aliphatic heterocycles. The van der Waals surface area contributed by atoms with Crippen LogP contribution in [0.25, 0.3) is 16.7 Å². The first-order chi connectivity index (χ1) is 11.6. The normalized spacial score (nSPS) is 10.5. The first-order valence-electron chi connectivity index (χ1n) is 7.72. The molecule has 2 N–H and O–H groups in total. The molecule has 0 aliphatic carbocycles. The number of rotatable bonds is 5. The number of fused-ring (bicyclic) bond motifs is 1. The van der Waals surface area contributed by atoms with Crippen LogP contribution in [0.4, 0.5) is 5.95 Å². The number of hydrogen-bond acceptors (Lipinski definition) is 3. The number of nitrogens with one attached hydrogen (secondary N) is 2. The summed E-state index contributed by atoms with van der Waals surface area (Å²) in [6.45, 7) is 1.72. The van der Waals surface area contributed by atoms with E-state index >= 15 is 0 Å². The number of nitrogens with zero attached hydrogens (tertiary/aromatic N) is 2. The monoisotopic (exact) mass is 322 g/mol. The number of carbonyl (C=O) groups is 2. The molecule has 2 aromatic carbocycles. The topological polar surface area (TPSA) is 76.0 Å². The maximum atomic E-state index is 12.1. The molecule has 0 saturated carbocycles. The number of aromatic nitrogens is 2. The van der Waals surface area contributed by atoms with E-state index in [0.29, 0.717) is 12.5 Å². The van der Waals surface area contributed by atoms with Gasteiger partial charge >= 0.3 is 0 Å². The van der Waals surface area contributed by atoms with Gasteiger partial charge in [0, 0.05) is 25.6 Å². The van der Waals surface area contributed by atoms with E-state index < -0.39 is 0 Å². The molecular weight excluding hydrogens is 304 g/mol. The smallest absolute Gasteiger partial charge is 0.228 e. The molecule has 0 atom stereocenters. The van der Waals surface area contributed by atoms with Gasteiger partial charge in [0.15, 0.2) is 0 Å².